The lowest BCUT2D eigenvalue weighted by molar-refractivity contribution is 0.207. The van der Waals surface area contributed by atoms with E-state index in [1.54, 1.807) is 12.1 Å². The predicted molar refractivity (Wildman–Crippen MR) is 95.1 cm³/mol. The number of hydrogen-bond donors (Lipinski definition) is 1. The average Bonchev–Trinajstić information content (AvgIpc) is 2.95. The summed E-state index contributed by atoms with van der Waals surface area (Å²) in [4.78, 5) is 16.4. The van der Waals surface area contributed by atoms with Gasteiger partial charge in [-0.1, -0.05) is 12.1 Å². The summed E-state index contributed by atoms with van der Waals surface area (Å²) in [6, 6.07) is 9.74. The number of nitrogens with one attached hydrogen (secondary N) is 1. The second kappa shape index (κ2) is 6.66. The highest BCUT2D eigenvalue weighted by Gasteiger charge is 2.22. The van der Waals surface area contributed by atoms with Crippen LogP contribution in [-0.2, 0) is 0 Å². The molecule has 23 heavy (non-hydrogen) atoms. The molecule has 1 aliphatic rings. The number of urea groups is 1. The van der Waals surface area contributed by atoms with E-state index in [-0.39, 0.29) is 6.03 Å². The zero-order chi connectivity index (χ0) is 16.4. The van der Waals surface area contributed by atoms with Crippen LogP contribution in [0.5, 0.6) is 0 Å². The molecule has 2 aromatic rings. The van der Waals surface area contributed by atoms with Gasteiger partial charge in [0.25, 0.3) is 0 Å². The Morgan fingerprint density at radius 1 is 1.13 bits per heavy atom. The summed E-state index contributed by atoms with van der Waals surface area (Å²) in [5.74, 6) is 0.457. The molecule has 0 spiro atoms. The summed E-state index contributed by atoms with van der Waals surface area (Å²) in [7, 11) is 0. The molecule has 122 valence electrons. The highest BCUT2D eigenvalue weighted by molar-refractivity contribution is 9.10. The van der Waals surface area contributed by atoms with Gasteiger partial charge in [0.15, 0.2) is 4.67 Å². The Morgan fingerprint density at radius 2 is 1.87 bits per heavy atom. The van der Waals surface area contributed by atoms with Gasteiger partial charge >= 0.3 is 6.03 Å². The summed E-state index contributed by atoms with van der Waals surface area (Å²) < 4.78 is 5.92. The number of benzene rings is 1. The monoisotopic (exact) mass is 377 g/mol. The molecule has 1 fully saturated rings. The lowest BCUT2D eigenvalue weighted by atomic mass is 10.1. The van der Waals surface area contributed by atoms with Crippen LogP contribution in [0.25, 0.3) is 0 Å². The van der Waals surface area contributed by atoms with E-state index in [1.807, 2.05) is 4.90 Å². The third-order valence-corrected chi connectivity index (χ3v) is 4.71. The second-order valence-corrected chi connectivity index (χ2v) is 6.51. The number of carbonyl (C=O) groups is 1. The van der Waals surface area contributed by atoms with Crippen molar-refractivity contribution in [1.82, 2.24) is 4.90 Å². The van der Waals surface area contributed by atoms with E-state index < -0.39 is 0 Å². The smallest absolute Gasteiger partial charge is 0.324 e. The van der Waals surface area contributed by atoms with E-state index in [0.29, 0.717) is 23.6 Å². The van der Waals surface area contributed by atoms with Gasteiger partial charge in [-0.05, 0) is 53.0 Å². The zero-order valence-corrected chi connectivity index (χ0v) is 14.9. The van der Waals surface area contributed by atoms with Gasteiger partial charge in [-0.25, -0.2) is 4.79 Å². The molecule has 2 amide bonds. The normalized spacial score (nSPS) is 14.9. The minimum absolute atomic E-state index is 0.118. The molecule has 0 bridgehead atoms. The average molecular weight is 378 g/mol. The second-order valence-electron chi connectivity index (χ2n) is 5.73. The van der Waals surface area contributed by atoms with Crippen molar-refractivity contribution in [2.45, 2.75) is 13.8 Å². The summed E-state index contributed by atoms with van der Waals surface area (Å²) in [5, 5.41) is 2.78. The highest BCUT2D eigenvalue weighted by Crippen LogP contribution is 2.24. The van der Waals surface area contributed by atoms with Gasteiger partial charge in [0.1, 0.15) is 0 Å². The minimum atomic E-state index is -0.118. The fraction of sp³-hybridized carbons (Fsp3) is 0.353. The Labute approximate surface area is 144 Å². The number of aryl methyl sites for hydroxylation is 1. The van der Waals surface area contributed by atoms with Crippen LogP contribution in [0.3, 0.4) is 0 Å². The van der Waals surface area contributed by atoms with Crippen molar-refractivity contribution in [1.29, 1.82) is 0 Å². The molecule has 1 N–H and O–H groups in total. The number of piperazine rings is 1. The van der Waals surface area contributed by atoms with Crippen LogP contribution in [0.1, 0.15) is 11.1 Å². The molecule has 5 nitrogen and oxygen atoms in total. The van der Waals surface area contributed by atoms with Crippen molar-refractivity contribution in [3.05, 3.63) is 46.1 Å². The van der Waals surface area contributed by atoms with Crippen molar-refractivity contribution in [3.8, 4) is 0 Å². The number of amides is 2. The molecule has 0 radical (unpaired) electrons. The van der Waals surface area contributed by atoms with Gasteiger partial charge in [-0.15, -0.1) is 0 Å². The van der Waals surface area contributed by atoms with Crippen LogP contribution >= 0.6 is 15.9 Å². The van der Waals surface area contributed by atoms with E-state index in [2.05, 4.69) is 58.2 Å². The van der Waals surface area contributed by atoms with Gasteiger partial charge in [-0.2, -0.15) is 0 Å². The molecule has 0 unspecified atom stereocenters. The van der Waals surface area contributed by atoms with Gasteiger partial charge in [-0.3, -0.25) is 5.32 Å². The topological polar surface area (TPSA) is 48.7 Å². The fourth-order valence-electron chi connectivity index (χ4n) is 2.79. The number of nitrogens with zero attached hydrogens (tertiary/aromatic N) is 2. The van der Waals surface area contributed by atoms with E-state index in [4.69, 9.17) is 4.42 Å². The third-order valence-electron chi connectivity index (χ3n) is 4.29. The van der Waals surface area contributed by atoms with Gasteiger partial charge in [0, 0.05) is 37.9 Å². The Balaban J connectivity index is 1.59. The molecule has 1 aromatic heterocycles. The van der Waals surface area contributed by atoms with E-state index in [0.717, 1.165) is 13.1 Å². The summed E-state index contributed by atoms with van der Waals surface area (Å²) in [6.45, 7) is 7.34. The van der Waals surface area contributed by atoms with Gasteiger partial charge in [0.2, 0.25) is 5.88 Å². The number of carbonyl (C=O) groups excluding carboxylic acids is 1. The Morgan fingerprint density at radius 3 is 2.52 bits per heavy atom. The maximum absolute atomic E-state index is 12.3. The van der Waals surface area contributed by atoms with Crippen molar-refractivity contribution < 1.29 is 9.21 Å². The standard InChI is InChI=1S/C17H20BrN3O2/c1-12-4-3-5-14(13(12)2)20-8-10-21(11-9-20)17(22)19-16-7-6-15(18)23-16/h3-7H,8-11H2,1-2H3,(H,19,22). The zero-order valence-electron chi connectivity index (χ0n) is 13.3. The van der Waals surface area contributed by atoms with Crippen molar-refractivity contribution in [2.24, 2.45) is 0 Å². The van der Waals surface area contributed by atoms with Gasteiger partial charge < -0.3 is 14.2 Å². The summed E-state index contributed by atoms with van der Waals surface area (Å²) >= 11 is 3.23. The van der Waals surface area contributed by atoms with Crippen molar-refractivity contribution >= 4 is 33.5 Å². The first-order valence-corrected chi connectivity index (χ1v) is 8.46. The molecule has 0 aliphatic carbocycles. The highest BCUT2D eigenvalue weighted by atomic mass is 79.9. The van der Waals surface area contributed by atoms with Crippen molar-refractivity contribution in [2.75, 3.05) is 36.4 Å². The number of rotatable bonds is 2. The van der Waals surface area contributed by atoms with Crippen LogP contribution in [-0.4, -0.2) is 37.1 Å². The molecule has 1 aliphatic heterocycles. The van der Waals surface area contributed by atoms with Gasteiger partial charge in [0.05, 0.1) is 0 Å². The molecule has 1 saturated heterocycles. The van der Waals surface area contributed by atoms with Crippen LogP contribution in [0.15, 0.2) is 39.4 Å². The molecule has 1 aromatic carbocycles. The molecule has 0 atom stereocenters. The molecular weight excluding hydrogens is 358 g/mol. The summed E-state index contributed by atoms with van der Waals surface area (Å²) in [6.07, 6.45) is 0. The quantitative estimate of drug-likeness (QED) is 0.859. The number of halogens is 1. The number of furan rings is 1. The van der Waals surface area contributed by atoms with Crippen LogP contribution < -0.4 is 10.2 Å². The van der Waals surface area contributed by atoms with E-state index in [1.165, 1.54) is 16.8 Å². The van der Waals surface area contributed by atoms with Crippen LogP contribution in [0, 0.1) is 13.8 Å². The third kappa shape index (κ3) is 3.52. The SMILES string of the molecule is Cc1cccc(N2CCN(C(=O)Nc3ccc(Br)o3)CC2)c1C. The van der Waals surface area contributed by atoms with E-state index >= 15 is 0 Å². The first-order chi connectivity index (χ1) is 11.0. The fourth-order valence-corrected chi connectivity index (χ4v) is 3.10. The first-order valence-electron chi connectivity index (χ1n) is 7.67. The lowest BCUT2D eigenvalue weighted by Crippen LogP contribution is -2.50. The Kier molecular flexibility index (Phi) is 4.61. The maximum atomic E-state index is 12.3. The number of anilines is 2. The van der Waals surface area contributed by atoms with Crippen LogP contribution in [0.2, 0.25) is 0 Å². The molecule has 3 rings (SSSR count). The van der Waals surface area contributed by atoms with Crippen LogP contribution in [0.4, 0.5) is 16.4 Å². The number of hydrogen-bond acceptors (Lipinski definition) is 3. The van der Waals surface area contributed by atoms with Crippen molar-refractivity contribution in [3.63, 3.8) is 0 Å². The molecule has 0 saturated carbocycles. The minimum Gasteiger partial charge on any atom is -0.434 e. The maximum Gasteiger partial charge on any atom is 0.324 e. The van der Waals surface area contributed by atoms with E-state index in [9.17, 15) is 4.79 Å². The molecular formula is C17H20BrN3O2. The molecule has 2 heterocycles. The summed E-state index contributed by atoms with van der Waals surface area (Å²) in [5.41, 5.74) is 3.87. The first kappa shape index (κ1) is 15.9. The predicted octanol–water partition coefficient (Wildman–Crippen LogP) is 4.01. The lowest BCUT2D eigenvalue weighted by Gasteiger charge is -2.36. The largest absolute Gasteiger partial charge is 0.434 e. The molecule has 6 heteroatoms. The Bertz CT molecular complexity index is 706. The Hall–Kier alpha value is -1.95.